The van der Waals surface area contributed by atoms with E-state index in [2.05, 4.69) is 17.4 Å². The van der Waals surface area contributed by atoms with E-state index in [-0.39, 0.29) is 11.8 Å². The van der Waals surface area contributed by atoms with Crippen molar-refractivity contribution < 1.29 is 4.79 Å². The normalized spacial score (nSPS) is 12.4. The number of benzene rings is 1. The minimum Gasteiger partial charge on any atom is -0.311 e. The Hall–Kier alpha value is -1.15. The second-order valence-electron chi connectivity index (χ2n) is 3.48. The molecule has 2 nitrogen and oxygen atoms in total. The van der Waals surface area contributed by atoms with Crippen molar-refractivity contribution in [2.24, 2.45) is 0 Å². The third-order valence-electron chi connectivity index (χ3n) is 2.40. The zero-order chi connectivity index (χ0) is 10.4. The van der Waals surface area contributed by atoms with E-state index < -0.39 is 0 Å². The van der Waals surface area contributed by atoms with Gasteiger partial charge in [-0.25, -0.2) is 0 Å². The van der Waals surface area contributed by atoms with Gasteiger partial charge in [-0.05, 0) is 32.4 Å². The monoisotopic (exact) mass is 191 g/mol. The molecule has 2 heteroatoms. The van der Waals surface area contributed by atoms with Crippen LogP contribution in [0.1, 0.15) is 18.9 Å². The van der Waals surface area contributed by atoms with Gasteiger partial charge in [0.05, 0.1) is 6.04 Å². The van der Waals surface area contributed by atoms with Crippen LogP contribution in [0, 0.1) is 0 Å². The van der Waals surface area contributed by atoms with Gasteiger partial charge in [-0.2, -0.15) is 0 Å². The van der Waals surface area contributed by atoms with Crippen LogP contribution in [0.25, 0.3) is 0 Å². The second-order valence-corrected chi connectivity index (χ2v) is 3.48. The summed E-state index contributed by atoms with van der Waals surface area (Å²) in [4.78, 5) is 11.1. The molecule has 76 valence electrons. The molecule has 0 aliphatic carbocycles. The number of hydrogen-bond acceptors (Lipinski definition) is 2. The molecule has 0 fully saturated rings. The number of ketones is 1. The Bertz CT molecular complexity index is 282. The third kappa shape index (κ3) is 3.30. The molecule has 1 unspecified atom stereocenters. The summed E-state index contributed by atoms with van der Waals surface area (Å²) in [6, 6.07) is 10.2. The molecule has 0 saturated carbocycles. The van der Waals surface area contributed by atoms with E-state index in [0.29, 0.717) is 0 Å². The van der Waals surface area contributed by atoms with E-state index >= 15 is 0 Å². The van der Waals surface area contributed by atoms with Crippen LogP contribution in [0.2, 0.25) is 0 Å². The number of Topliss-reactive ketones (excluding diaryl/α,β-unsaturated/α-hetero) is 1. The standard InChI is InChI=1S/C12H17NO/c1-10(14)12(13-2)9-8-11-6-4-3-5-7-11/h3-7,12-13H,8-9H2,1-2H3. The smallest absolute Gasteiger partial charge is 0.146 e. The van der Waals surface area contributed by atoms with Gasteiger partial charge in [0, 0.05) is 0 Å². The highest BCUT2D eigenvalue weighted by Gasteiger charge is 2.10. The topological polar surface area (TPSA) is 29.1 Å². The zero-order valence-electron chi connectivity index (χ0n) is 8.79. The summed E-state index contributed by atoms with van der Waals surface area (Å²) in [5.74, 6) is 0.212. The summed E-state index contributed by atoms with van der Waals surface area (Å²) in [6.07, 6.45) is 1.82. The lowest BCUT2D eigenvalue weighted by atomic mass is 10.0. The highest BCUT2D eigenvalue weighted by Crippen LogP contribution is 2.05. The first kappa shape index (κ1) is 10.9. The Balaban J connectivity index is 2.44. The highest BCUT2D eigenvalue weighted by molar-refractivity contribution is 5.81. The van der Waals surface area contributed by atoms with Crippen molar-refractivity contribution >= 4 is 5.78 Å². The van der Waals surface area contributed by atoms with Gasteiger partial charge >= 0.3 is 0 Å². The minimum atomic E-state index is -0.00444. The van der Waals surface area contributed by atoms with Gasteiger partial charge in [0.2, 0.25) is 0 Å². The van der Waals surface area contributed by atoms with Crippen molar-refractivity contribution in [2.75, 3.05) is 7.05 Å². The number of carbonyl (C=O) groups is 1. The predicted octanol–water partition coefficient (Wildman–Crippen LogP) is 1.80. The SMILES string of the molecule is CNC(CCc1ccccc1)C(C)=O. The van der Waals surface area contributed by atoms with Crippen molar-refractivity contribution in [3.05, 3.63) is 35.9 Å². The van der Waals surface area contributed by atoms with Crippen LogP contribution in [0.5, 0.6) is 0 Å². The lowest BCUT2D eigenvalue weighted by Crippen LogP contribution is -2.32. The fourth-order valence-corrected chi connectivity index (χ4v) is 1.51. The Labute approximate surface area is 85.3 Å². The van der Waals surface area contributed by atoms with Crippen molar-refractivity contribution in [3.63, 3.8) is 0 Å². The van der Waals surface area contributed by atoms with Gasteiger partial charge in [-0.15, -0.1) is 0 Å². The van der Waals surface area contributed by atoms with Gasteiger partial charge < -0.3 is 5.32 Å². The van der Waals surface area contributed by atoms with E-state index in [1.807, 2.05) is 25.2 Å². The van der Waals surface area contributed by atoms with Crippen molar-refractivity contribution in [2.45, 2.75) is 25.8 Å². The highest BCUT2D eigenvalue weighted by atomic mass is 16.1. The maximum atomic E-state index is 11.1. The Morgan fingerprint density at radius 2 is 2.00 bits per heavy atom. The van der Waals surface area contributed by atoms with Gasteiger partial charge in [0.15, 0.2) is 0 Å². The van der Waals surface area contributed by atoms with Crippen LogP contribution in [0.15, 0.2) is 30.3 Å². The number of nitrogens with one attached hydrogen (secondary N) is 1. The second kappa shape index (κ2) is 5.55. The molecule has 0 saturated heterocycles. The van der Waals surface area contributed by atoms with Gasteiger partial charge in [0.25, 0.3) is 0 Å². The molecular formula is C12H17NO. The van der Waals surface area contributed by atoms with Crippen molar-refractivity contribution in [3.8, 4) is 0 Å². The Kier molecular flexibility index (Phi) is 4.33. The van der Waals surface area contributed by atoms with Crippen molar-refractivity contribution in [1.82, 2.24) is 5.32 Å². The minimum absolute atomic E-state index is 0.00444. The number of carbonyl (C=O) groups excluding carboxylic acids is 1. The van der Waals surface area contributed by atoms with Crippen LogP contribution in [0.4, 0.5) is 0 Å². The first-order valence-corrected chi connectivity index (χ1v) is 4.95. The molecular weight excluding hydrogens is 174 g/mol. The average molecular weight is 191 g/mol. The lowest BCUT2D eigenvalue weighted by Gasteiger charge is -2.11. The van der Waals surface area contributed by atoms with Crippen LogP contribution >= 0.6 is 0 Å². The number of rotatable bonds is 5. The first-order chi connectivity index (χ1) is 6.74. The number of hydrogen-bond donors (Lipinski definition) is 1. The molecule has 14 heavy (non-hydrogen) atoms. The molecule has 0 aromatic heterocycles. The van der Waals surface area contributed by atoms with Crippen LogP contribution in [-0.4, -0.2) is 18.9 Å². The van der Waals surface area contributed by atoms with Crippen LogP contribution < -0.4 is 5.32 Å². The van der Waals surface area contributed by atoms with Crippen LogP contribution in [-0.2, 0) is 11.2 Å². The Morgan fingerprint density at radius 3 is 2.50 bits per heavy atom. The molecule has 1 aromatic carbocycles. The van der Waals surface area contributed by atoms with Gasteiger partial charge in [-0.3, -0.25) is 4.79 Å². The first-order valence-electron chi connectivity index (χ1n) is 4.95. The Morgan fingerprint density at radius 1 is 1.36 bits per heavy atom. The maximum Gasteiger partial charge on any atom is 0.146 e. The van der Waals surface area contributed by atoms with E-state index in [0.717, 1.165) is 12.8 Å². The van der Waals surface area contributed by atoms with E-state index in [1.54, 1.807) is 6.92 Å². The summed E-state index contributed by atoms with van der Waals surface area (Å²) in [6.45, 7) is 1.63. The predicted molar refractivity (Wildman–Crippen MR) is 58.3 cm³/mol. The van der Waals surface area contributed by atoms with E-state index in [4.69, 9.17) is 0 Å². The van der Waals surface area contributed by atoms with Gasteiger partial charge in [-0.1, -0.05) is 30.3 Å². The summed E-state index contributed by atoms with van der Waals surface area (Å²) in [5.41, 5.74) is 1.29. The molecule has 1 N–H and O–H groups in total. The maximum absolute atomic E-state index is 11.1. The molecule has 1 atom stereocenters. The molecule has 0 heterocycles. The summed E-state index contributed by atoms with van der Waals surface area (Å²) in [5, 5.41) is 3.02. The molecule has 0 spiro atoms. The molecule has 1 rings (SSSR count). The fraction of sp³-hybridized carbons (Fsp3) is 0.417. The quantitative estimate of drug-likeness (QED) is 0.769. The third-order valence-corrected chi connectivity index (χ3v) is 2.40. The number of aryl methyl sites for hydroxylation is 1. The van der Waals surface area contributed by atoms with E-state index in [9.17, 15) is 4.79 Å². The fourth-order valence-electron chi connectivity index (χ4n) is 1.51. The molecule has 0 aliphatic heterocycles. The van der Waals surface area contributed by atoms with Gasteiger partial charge in [0.1, 0.15) is 5.78 Å². The summed E-state index contributed by atoms with van der Waals surface area (Å²) in [7, 11) is 1.83. The molecule has 0 amide bonds. The average Bonchev–Trinajstić information content (AvgIpc) is 2.20. The molecule has 0 aliphatic rings. The van der Waals surface area contributed by atoms with E-state index in [1.165, 1.54) is 5.56 Å². The largest absolute Gasteiger partial charge is 0.311 e. The number of likely N-dealkylation sites (N-methyl/N-ethyl adjacent to an activating group) is 1. The molecule has 0 bridgehead atoms. The molecule has 0 radical (unpaired) electrons. The van der Waals surface area contributed by atoms with Crippen LogP contribution in [0.3, 0.4) is 0 Å². The summed E-state index contributed by atoms with van der Waals surface area (Å²) < 4.78 is 0. The lowest BCUT2D eigenvalue weighted by molar-refractivity contribution is -0.119. The summed E-state index contributed by atoms with van der Waals surface area (Å²) >= 11 is 0. The molecule has 1 aromatic rings. The zero-order valence-corrected chi connectivity index (χ0v) is 8.79. The van der Waals surface area contributed by atoms with Crippen molar-refractivity contribution in [1.29, 1.82) is 0 Å².